The molecule has 0 bridgehead atoms. The van der Waals surface area contributed by atoms with Crippen LogP contribution >= 0.6 is 0 Å². The number of carbonyl (C=O) groups is 1. The molecule has 0 aliphatic heterocycles. The molecule has 0 aliphatic carbocycles. The molecule has 0 fully saturated rings. The zero-order valence-electron chi connectivity index (χ0n) is 14.3. The summed E-state index contributed by atoms with van der Waals surface area (Å²) in [5, 5.41) is 8.03. The van der Waals surface area contributed by atoms with Crippen molar-refractivity contribution in [2.75, 3.05) is 18.5 Å². The fourth-order valence-electron chi connectivity index (χ4n) is 2.76. The van der Waals surface area contributed by atoms with E-state index in [0.717, 1.165) is 34.2 Å². The third kappa shape index (κ3) is 4.51. The third-order valence-corrected chi connectivity index (χ3v) is 3.96. The maximum Gasteiger partial charge on any atom is 0.319 e. The van der Waals surface area contributed by atoms with E-state index in [0.29, 0.717) is 13.2 Å². The lowest BCUT2D eigenvalue weighted by molar-refractivity contribution is 0.252. The Kier molecular flexibility index (Phi) is 5.52. The molecule has 0 atom stereocenters. The van der Waals surface area contributed by atoms with Crippen LogP contribution in [0.5, 0.6) is 5.75 Å². The number of rotatable bonds is 6. The summed E-state index contributed by atoms with van der Waals surface area (Å²) >= 11 is 0. The molecule has 128 valence electrons. The molecule has 0 aromatic heterocycles. The first kappa shape index (κ1) is 16.8. The molecule has 0 heterocycles. The lowest BCUT2D eigenvalue weighted by Gasteiger charge is -2.11. The number of hydrogen-bond donors (Lipinski definition) is 2. The summed E-state index contributed by atoms with van der Waals surface area (Å²) in [5.41, 5.74) is 1.88. The van der Waals surface area contributed by atoms with Gasteiger partial charge in [0, 0.05) is 12.2 Å². The second-order valence-corrected chi connectivity index (χ2v) is 5.73. The smallest absolute Gasteiger partial charge is 0.319 e. The molecule has 25 heavy (non-hydrogen) atoms. The Morgan fingerprint density at radius 2 is 1.72 bits per heavy atom. The Labute approximate surface area is 147 Å². The Hall–Kier alpha value is -3.01. The van der Waals surface area contributed by atoms with Crippen molar-refractivity contribution in [2.24, 2.45) is 0 Å². The predicted octanol–water partition coefficient (Wildman–Crippen LogP) is 4.60. The molecular weight excluding hydrogens is 312 g/mol. The molecule has 0 aliphatic rings. The van der Waals surface area contributed by atoms with Crippen LogP contribution in [0.2, 0.25) is 0 Å². The Morgan fingerprint density at radius 3 is 2.56 bits per heavy atom. The number of fused-ring (bicyclic) bond motifs is 1. The lowest BCUT2D eigenvalue weighted by atomic mass is 10.1. The van der Waals surface area contributed by atoms with Crippen LogP contribution < -0.4 is 15.4 Å². The highest BCUT2D eigenvalue weighted by molar-refractivity contribution is 5.93. The summed E-state index contributed by atoms with van der Waals surface area (Å²) in [6.45, 7) is 3.14. The molecule has 3 rings (SSSR count). The number of urea groups is 1. The first-order chi connectivity index (χ1) is 12.3. The molecule has 3 aromatic carbocycles. The summed E-state index contributed by atoms with van der Waals surface area (Å²) in [4.78, 5) is 12.1. The van der Waals surface area contributed by atoms with Crippen molar-refractivity contribution in [3.05, 3.63) is 72.3 Å². The quantitative estimate of drug-likeness (QED) is 0.692. The number of nitrogens with one attached hydrogen (secondary N) is 2. The van der Waals surface area contributed by atoms with Gasteiger partial charge >= 0.3 is 6.03 Å². The second-order valence-electron chi connectivity index (χ2n) is 5.73. The zero-order chi connectivity index (χ0) is 17.5. The van der Waals surface area contributed by atoms with Crippen molar-refractivity contribution in [3.63, 3.8) is 0 Å². The van der Waals surface area contributed by atoms with Gasteiger partial charge in [0.1, 0.15) is 5.75 Å². The van der Waals surface area contributed by atoms with Gasteiger partial charge in [0.15, 0.2) is 0 Å². The van der Waals surface area contributed by atoms with Crippen molar-refractivity contribution in [2.45, 2.75) is 13.3 Å². The molecule has 0 spiro atoms. The van der Waals surface area contributed by atoms with Crippen LogP contribution in [-0.2, 0) is 6.42 Å². The highest BCUT2D eigenvalue weighted by atomic mass is 16.5. The minimum absolute atomic E-state index is 0.204. The summed E-state index contributed by atoms with van der Waals surface area (Å²) in [6.07, 6.45) is 0.724. The van der Waals surface area contributed by atoms with E-state index >= 15 is 0 Å². The number of hydrogen-bond acceptors (Lipinski definition) is 2. The minimum Gasteiger partial charge on any atom is -0.494 e. The largest absolute Gasteiger partial charge is 0.494 e. The van der Waals surface area contributed by atoms with E-state index < -0.39 is 0 Å². The summed E-state index contributed by atoms with van der Waals surface area (Å²) in [7, 11) is 0. The van der Waals surface area contributed by atoms with Crippen LogP contribution in [0.3, 0.4) is 0 Å². The normalized spacial score (nSPS) is 10.4. The van der Waals surface area contributed by atoms with Crippen molar-refractivity contribution in [3.8, 4) is 5.75 Å². The first-order valence-electron chi connectivity index (χ1n) is 8.50. The number of ether oxygens (including phenoxy) is 1. The maximum absolute atomic E-state index is 12.1. The Morgan fingerprint density at radius 1 is 0.960 bits per heavy atom. The van der Waals surface area contributed by atoms with Crippen LogP contribution in [0.1, 0.15) is 12.5 Å². The van der Waals surface area contributed by atoms with Crippen molar-refractivity contribution in [1.29, 1.82) is 0 Å². The molecule has 0 unspecified atom stereocenters. The highest BCUT2D eigenvalue weighted by Gasteiger charge is 2.05. The van der Waals surface area contributed by atoms with Gasteiger partial charge in [-0.05, 0) is 47.9 Å². The van der Waals surface area contributed by atoms with Crippen molar-refractivity contribution in [1.82, 2.24) is 5.32 Å². The molecular formula is C21H22N2O2. The topological polar surface area (TPSA) is 50.4 Å². The average molecular weight is 334 g/mol. The average Bonchev–Trinajstić information content (AvgIpc) is 2.63. The number of para-hydroxylation sites is 1. The standard InChI is InChI=1S/C21H22N2O2/c1-2-25-20-10-6-5-8-17(20)13-14-22-21(24)23-19-12-11-16-7-3-4-9-18(16)15-19/h3-12,15H,2,13-14H2,1H3,(H2,22,23,24). The predicted molar refractivity (Wildman–Crippen MR) is 102 cm³/mol. The van der Waals surface area contributed by atoms with Gasteiger partial charge < -0.3 is 15.4 Å². The van der Waals surface area contributed by atoms with Gasteiger partial charge in [-0.25, -0.2) is 4.79 Å². The van der Waals surface area contributed by atoms with Gasteiger partial charge in [0.05, 0.1) is 6.61 Å². The van der Waals surface area contributed by atoms with Crippen LogP contribution in [0, 0.1) is 0 Å². The van der Waals surface area contributed by atoms with Gasteiger partial charge in [0.25, 0.3) is 0 Å². The van der Waals surface area contributed by atoms with Gasteiger partial charge in [-0.1, -0.05) is 48.5 Å². The van der Waals surface area contributed by atoms with Crippen LogP contribution in [0.25, 0.3) is 10.8 Å². The molecule has 0 radical (unpaired) electrons. The van der Waals surface area contributed by atoms with E-state index in [1.54, 1.807) is 0 Å². The van der Waals surface area contributed by atoms with Crippen LogP contribution in [0.15, 0.2) is 66.7 Å². The number of anilines is 1. The van der Waals surface area contributed by atoms with Crippen molar-refractivity contribution >= 4 is 22.5 Å². The van der Waals surface area contributed by atoms with E-state index in [-0.39, 0.29) is 6.03 Å². The maximum atomic E-state index is 12.1. The van der Waals surface area contributed by atoms with Crippen LogP contribution in [-0.4, -0.2) is 19.2 Å². The number of amides is 2. The molecule has 0 saturated carbocycles. The van der Waals surface area contributed by atoms with Gasteiger partial charge in [-0.3, -0.25) is 0 Å². The molecule has 2 N–H and O–H groups in total. The summed E-state index contributed by atoms with van der Waals surface area (Å²) < 4.78 is 5.60. The van der Waals surface area contributed by atoms with Gasteiger partial charge in [-0.2, -0.15) is 0 Å². The fourth-order valence-corrected chi connectivity index (χ4v) is 2.76. The molecule has 4 nitrogen and oxygen atoms in total. The SMILES string of the molecule is CCOc1ccccc1CCNC(=O)Nc1ccc2ccccc2c1. The molecule has 0 saturated heterocycles. The molecule has 3 aromatic rings. The number of carbonyl (C=O) groups excluding carboxylic acids is 1. The number of benzene rings is 3. The van der Waals surface area contributed by atoms with E-state index in [1.807, 2.05) is 67.6 Å². The van der Waals surface area contributed by atoms with Crippen molar-refractivity contribution < 1.29 is 9.53 Å². The summed E-state index contributed by atoms with van der Waals surface area (Å²) in [6, 6.07) is 21.7. The Bertz CT molecular complexity index is 861. The highest BCUT2D eigenvalue weighted by Crippen LogP contribution is 2.19. The van der Waals surface area contributed by atoms with Crippen LogP contribution in [0.4, 0.5) is 10.5 Å². The van der Waals surface area contributed by atoms with E-state index in [2.05, 4.69) is 16.7 Å². The minimum atomic E-state index is -0.204. The second kappa shape index (κ2) is 8.20. The Balaban J connectivity index is 1.54. The lowest BCUT2D eigenvalue weighted by Crippen LogP contribution is -2.30. The molecule has 2 amide bonds. The van der Waals surface area contributed by atoms with Gasteiger partial charge in [-0.15, -0.1) is 0 Å². The molecule has 4 heteroatoms. The fraction of sp³-hybridized carbons (Fsp3) is 0.190. The zero-order valence-corrected chi connectivity index (χ0v) is 14.3. The van der Waals surface area contributed by atoms with Gasteiger partial charge in [0.2, 0.25) is 0 Å². The first-order valence-corrected chi connectivity index (χ1v) is 8.50. The monoisotopic (exact) mass is 334 g/mol. The van der Waals surface area contributed by atoms with E-state index in [9.17, 15) is 4.79 Å². The van der Waals surface area contributed by atoms with E-state index in [4.69, 9.17) is 4.74 Å². The summed E-state index contributed by atoms with van der Waals surface area (Å²) in [5.74, 6) is 0.877. The van der Waals surface area contributed by atoms with E-state index in [1.165, 1.54) is 0 Å². The third-order valence-electron chi connectivity index (χ3n) is 3.96.